The van der Waals surface area contributed by atoms with Crippen molar-refractivity contribution in [2.24, 2.45) is 0 Å². The minimum Gasteiger partial charge on any atom is -0.310 e. The molecule has 0 fully saturated rings. The van der Waals surface area contributed by atoms with Crippen LogP contribution in [0.15, 0.2) is 41.0 Å². The molecule has 21 heavy (non-hydrogen) atoms. The van der Waals surface area contributed by atoms with Crippen molar-refractivity contribution in [2.75, 3.05) is 6.54 Å². The number of nitrogens with one attached hydrogen (secondary N) is 1. The van der Waals surface area contributed by atoms with Crippen molar-refractivity contribution in [2.45, 2.75) is 32.7 Å². The number of aryl methyl sites for hydroxylation is 1. The van der Waals surface area contributed by atoms with E-state index in [1.54, 1.807) is 12.3 Å². The van der Waals surface area contributed by atoms with Crippen LogP contribution in [0.2, 0.25) is 0 Å². The van der Waals surface area contributed by atoms with Crippen LogP contribution in [-0.4, -0.2) is 11.5 Å². The van der Waals surface area contributed by atoms with Gasteiger partial charge in [-0.3, -0.25) is 4.98 Å². The first-order valence-corrected chi connectivity index (χ1v) is 8.00. The Morgan fingerprint density at radius 1 is 1.33 bits per heavy atom. The third-order valence-electron chi connectivity index (χ3n) is 3.50. The second-order valence-electron chi connectivity index (χ2n) is 5.12. The van der Waals surface area contributed by atoms with E-state index in [2.05, 4.69) is 39.2 Å². The monoisotopic (exact) mass is 350 g/mol. The summed E-state index contributed by atoms with van der Waals surface area (Å²) in [4.78, 5) is 4.35. The molecule has 2 nitrogen and oxygen atoms in total. The quantitative estimate of drug-likeness (QED) is 0.824. The standard InChI is InChI=1S/C17H20BrFN2/c1-3-8-21-17(15-5-4-9-20-12(15)2)11-13-10-14(18)6-7-16(13)19/h4-7,9-10,17,21H,3,8,11H2,1-2H3. The Kier molecular flexibility index (Phi) is 5.88. The summed E-state index contributed by atoms with van der Waals surface area (Å²) in [6, 6.07) is 9.14. The molecule has 1 aromatic carbocycles. The van der Waals surface area contributed by atoms with Crippen molar-refractivity contribution in [3.05, 3.63) is 63.6 Å². The maximum absolute atomic E-state index is 14.0. The van der Waals surface area contributed by atoms with Gasteiger partial charge in [0.05, 0.1) is 0 Å². The molecule has 0 amide bonds. The SMILES string of the molecule is CCCNC(Cc1cc(Br)ccc1F)c1cccnc1C. The van der Waals surface area contributed by atoms with Gasteiger partial charge in [-0.1, -0.05) is 28.9 Å². The normalized spacial score (nSPS) is 12.4. The van der Waals surface area contributed by atoms with Crippen LogP contribution in [0.3, 0.4) is 0 Å². The summed E-state index contributed by atoms with van der Waals surface area (Å²) in [5.74, 6) is -0.164. The number of aromatic nitrogens is 1. The van der Waals surface area contributed by atoms with Gasteiger partial charge in [-0.05, 0) is 61.7 Å². The summed E-state index contributed by atoms with van der Waals surface area (Å²) in [5, 5.41) is 3.50. The Morgan fingerprint density at radius 2 is 2.14 bits per heavy atom. The first kappa shape index (κ1) is 16.1. The second-order valence-corrected chi connectivity index (χ2v) is 6.04. The zero-order valence-electron chi connectivity index (χ0n) is 12.4. The lowest BCUT2D eigenvalue weighted by atomic mass is 9.97. The molecule has 2 aromatic rings. The van der Waals surface area contributed by atoms with E-state index in [1.807, 2.05) is 19.1 Å². The molecule has 1 aromatic heterocycles. The molecular weight excluding hydrogens is 331 g/mol. The maximum atomic E-state index is 14.0. The van der Waals surface area contributed by atoms with Gasteiger partial charge >= 0.3 is 0 Å². The van der Waals surface area contributed by atoms with Crippen LogP contribution in [0.25, 0.3) is 0 Å². The highest BCUT2D eigenvalue weighted by molar-refractivity contribution is 9.10. The van der Waals surface area contributed by atoms with Gasteiger partial charge < -0.3 is 5.32 Å². The number of hydrogen-bond acceptors (Lipinski definition) is 2. The highest BCUT2D eigenvalue weighted by atomic mass is 79.9. The van der Waals surface area contributed by atoms with Crippen LogP contribution >= 0.6 is 15.9 Å². The zero-order chi connectivity index (χ0) is 15.2. The topological polar surface area (TPSA) is 24.9 Å². The first-order valence-electron chi connectivity index (χ1n) is 7.20. The lowest BCUT2D eigenvalue weighted by Gasteiger charge is -2.21. The summed E-state index contributed by atoms with van der Waals surface area (Å²) in [7, 11) is 0. The Balaban J connectivity index is 2.28. The molecule has 0 saturated heterocycles. The van der Waals surface area contributed by atoms with Crippen molar-refractivity contribution in [3.63, 3.8) is 0 Å². The summed E-state index contributed by atoms with van der Waals surface area (Å²) >= 11 is 3.41. The molecule has 112 valence electrons. The fourth-order valence-electron chi connectivity index (χ4n) is 2.40. The lowest BCUT2D eigenvalue weighted by Crippen LogP contribution is -2.25. The van der Waals surface area contributed by atoms with Crippen molar-refractivity contribution >= 4 is 15.9 Å². The molecule has 4 heteroatoms. The first-order chi connectivity index (χ1) is 10.1. The van der Waals surface area contributed by atoms with E-state index in [-0.39, 0.29) is 11.9 Å². The minimum absolute atomic E-state index is 0.0717. The lowest BCUT2D eigenvalue weighted by molar-refractivity contribution is 0.509. The fourth-order valence-corrected chi connectivity index (χ4v) is 2.80. The van der Waals surface area contributed by atoms with E-state index >= 15 is 0 Å². The van der Waals surface area contributed by atoms with Gasteiger partial charge in [0.1, 0.15) is 5.82 Å². The fraction of sp³-hybridized carbons (Fsp3) is 0.353. The van der Waals surface area contributed by atoms with Crippen LogP contribution in [-0.2, 0) is 6.42 Å². The predicted octanol–water partition coefficient (Wildman–Crippen LogP) is 4.58. The Morgan fingerprint density at radius 3 is 2.86 bits per heavy atom. The maximum Gasteiger partial charge on any atom is 0.126 e. The molecule has 1 atom stereocenters. The number of halogens is 2. The zero-order valence-corrected chi connectivity index (χ0v) is 14.0. The van der Waals surface area contributed by atoms with E-state index in [0.717, 1.165) is 28.7 Å². The highest BCUT2D eigenvalue weighted by Crippen LogP contribution is 2.24. The van der Waals surface area contributed by atoms with Crippen molar-refractivity contribution < 1.29 is 4.39 Å². The molecule has 1 unspecified atom stereocenters. The average Bonchev–Trinajstić information content (AvgIpc) is 2.48. The van der Waals surface area contributed by atoms with Gasteiger partial charge in [-0.25, -0.2) is 4.39 Å². The summed E-state index contributed by atoms with van der Waals surface area (Å²) in [6.45, 7) is 5.02. The van der Waals surface area contributed by atoms with Crippen LogP contribution in [0.5, 0.6) is 0 Å². The van der Waals surface area contributed by atoms with Crippen LogP contribution in [0.4, 0.5) is 4.39 Å². The van der Waals surface area contributed by atoms with Crippen LogP contribution < -0.4 is 5.32 Å². The summed E-state index contributed by atoms with van der Waals surface area (Å²) in [5.41, 5.74) is 2.83. The van der Waals surface area contributed by atoms with E-state index in [4.69, 9.17) is 0 Å². The van der Waals surface area contributed by atoms with Crippen LogP contribution in [0.1, 0.15) is 36.2 Å². The van der Waals surface area contributed by atoms with E-state index in [1.165, 1.54) is 6.07 Å². The molecule has 0 spiro atoms. The predicted molar refractivity (Wildman–Crippen MR) is 87.8 cm³/mol. The van der Waals surface area contributed by atoms with Crippen molar-refractivity contribution in [1.82, 2.24) is 10.3 Å². The molecular formula is C17H20BrFN2. The number of benzene rings is 1. The molecule has 0 aliphatic carbocycles. The van der Waals surface area contributed by atoms with E-state index in [9.17, 15) is 4.39 Å². The minimum atomic E-state index is -0.164. The number of rotatable bonds is 6. The third kappa shape index (κ3) is 4.35. The van der Waals surface area contributed by atoms with Gasteiger partial charge in [-0.2, -0.15) is 0 Å². The molecule has 2 rings (SSSR count). The average molecular weight is 351 g/mol. The Labute approximate surface area is 133 Å². The summed E-state index contributed by atoms with van der Waals surface area (Å²) < 4.78 is 14.9. The summed E-state index contributed by atoms with van der Waals surface area (Å²) in [6.07, 6.45) is 3.43. The number of hydrogen-bond donors (Lipinski definition) is 1. The van der Waals surface area contributed by atoms with Gasteiger partial charge in [-0.15, -0.1) is 0 Å². The number of nitrogens with zero attached hydrogens (tertiary/aromatic N) is 1. The molecule has 0 aliphatic heterocycles. The second kappa shape index (κ2) is 7.66. The Hall–Kier alpha value is -1.26. The van der Waals surface area contributed by atoms with Crippen molar-refractivity contribution in [1.29, 1.82) is 0 Å². The molecule has 0 saturated carbocycles. The molecule has 0 bridgehead atoms. The van der Waals surface area contributed by atoms with Crippen molar-refractivity contribution in [3.8, 4) is 0 Å². The highest BCUT2D eigenvalue weighted by Gasteiger charge is 2.16. The van der Waals surface area contributed by atoms with Gasteiger partial charge in [0.2, 0.25) is 0 Å². The van der Waals surface area contributed by atoms with Crippen LogP contribution in [0, 0.1) is 12.7 Å². The Bertz CT molecular complexity index is 601. The van der Waals surface area contributed by atoms with E-state index in [0.29, 0.717) is 12.0 Å². The largest absolute Gasteiger partial charge is 0.310 e. The molecule has 1 N–H and O–H groups in total. The molecule has 1 heterocycles. The smallest absolute Gasteiger partial charge is 0.126 e. The van der Waals surface area contributed by atoms with Gasteiger partial charge in [0, 0.05) is 22.4 Å². The van der Waals surface area contributed by atoms with Gasteiger partial charge in [0.15, 0.2) is 0 Å². The molecule has 0 aliphatic rings. The van der Waals surface area contributed by atoms with E-state index < -0.39 is 0 Å². The number of pyridine rings is 1. The third-order valence-corrected chi connectivity index (χ3v) is 3.99. The molecule has 0 radical (unpaired) electrons. The van der Waals surface area contributed by atoms with Gasteiger partial charge in [0.25, 0.3) is 0 Å².